The zero-order valence-electron chi connectivity index (χ0n) is 14.5. The minimum Gasteiger partial charge on any atom is -0.352 e. The number of pyridine rings is 1. The van der Waals surface area contributed by atoms with E-state index < -0.39 is 0 Å². The lowest BCUT2D eigenvalue weighted by atomic mass is 10.2. The number of carbonyl (C=O) groups is 2. The second-order valence-corrected chi connectivity index (χ2v) is 6.59. The van der Waals surface area contributed by atoms with Gasteiger partial charge in [-0.2, -0.15) is 0 Å². The average molecular weight is 381 g/mol. The van der Waals surface area contributed by atoms with Crippen molar-refractivity contribution in [2.24, 2.45) is 0 Å². The standard InChI is InChI=1S/C19H19N5O2S/c25-17(21-12-14-5-4-10-20-11-14)9-8-16-13-27-19(23-16)24-18(26)22-15-6-2-1-3-7-15/h1-7,10-11,13H,8-9,12H2,(H,21,25)(H2,22,23,24,26). The molecule has 1 aromatic carbocycles. The number of aryl methyl sites for hydroxylation is 1. The second-order valence-electron chi connectivity index (χ2n) is 5.73. The summed E-state index contributed by atoms with van der Waals surface area (Å²) in [6.07, 6.45) is 4.26. The van der Waals surface area contributed by atoms with Crippen LogP contribution >= 0.6 is 11.3 Å². The molecule has 0 aliphatic heterocycles. The molecule has 7 nitrogen and oxygen atoms in total. The molecule has 0 unspecified atom stereocenters. The number of benzene rings is 1. The highest BCUT2D eigenvalue weighted by molar-refractivity contribution is 7.13. The molecule has 0 fully saturated rings. The summed E-state index contributed by atoms with van der Waals surface area (Å²) in [4.78, 5) is 32.2. The predicted octanol–water partition coefficient (Wildman–Crippen LogP) is 3.43. The smallest absolute Gasteiger partial charge is 0.325 e. The molecular weight excluding hydrogens is 362 g/mol. The molecular formula is C19H19N5O2S. The summed E-state index contributed by atoms with van der Waals surface area (Å²) < 4.78 is 0. The van der Waals surface area contributed by atoms with Crippen LogP contribution in [0.25, 0.3) is 0 Å². The van der Waals surface area contributed by atoms with Gasteiger partial charge in [-0.3, -0.25) is 15.1 Å². The van der Waals surface area contributed by atoms with E-state index in [4.69, 9.17) is 0 Å². The quantitative estimate of drug-likeness (QED) is 0.584. The van der Waals surface area contributed by atoms with Crippen LogP contribution in [0.15, 0.2) is 60.2 Å². The Morgan fingerprint density at radius 3 is 2.67 bits per heavy atom. The highest BCUT2D eigenvalue weighted by atomic mass is 32.1. The molecule has 0 atom stereocenters. The van der Waals surface area contributed by atoms with Crippen molar-refractivity contribution in [3.8, 4) is 0 Å². The van der Waals surface area contributed by atoms with Crippen molar-refractivity contribution in [3.05, 3.63) is 71.5 Å². The van der Waals surface area contributed by atoms with Crippen LogP contribution in [0.5, 0.6) is 0 Å². The third-order valence-corrected chi connectivity index (χ3v) is 4.43. The zero-order valence-corrected chi connectivity index (χ0v) is 15.3. The third kappa shape index (κ3) is 6.19. The molecule has 0 radical (unpaired) electrons. The molecule has 138 valence electrons. The van der Waals surface area contributed by atoms with Gasteiger partial charge in [0.05, 0.1) is 5.69 Å². The number of nitrogens with one attached hydrogen (secondary N) is 3. The van der Waals surface area contributed by atoms with Gasteiger partial charge >= 0.3 is 6.03 Å². The molecule has 3 rings (SSSR count). The normalized spacial score (nSPS) is 10.2. The Kier molecular flexibility index (Phi) is 6.48. The van der Waals surface area contributed by atoms with E-state index in [1.807, 2.05) is 35.7 Å². The van der Waals surface area contributed by atoms with Gasteiger partial charge in [0, 0.05) is 36.4 Å². The summed E-state index contributed by atoms with van der Waals surface area (Å²) in [5, 5.41) is 10.6. The van der Waals surface area contributed by atoms with E-state index in [1.54, 1.807) is 24.5 Å². The first-order chi connectivity index (χ1) is 13.2. The van der Waals surface area contributed by atoms with Gasteiger partial charge in [-0.1, -0.05) is 24.3 Å². The number of hydrogen-bond donors (Lipinski definition) is 3. The van der Waals surface area contributed by atoms with Gasteiger partial charge in [0.2, 0.25) is 5.91 Å². The highest BCUT2D eigenvalue weighted by Gasteiger charge is 2.09. The van der Waals surface area contributed by atoms with Gasteiger partial charge in [-0.15, -0.1) is 11.3 Å². The van der Waals surface area contributed by atoms with E-state index in [0.29, 0.717) is 30.2 Å². The lowest BCUT2D eigenvalue weighted by Gasteiger charge is -2.05. The van der Waals surface area contributed by atoms with Crippen LogP contribution in [0.2, 0.25) is 0 Å². The number of carbonyl (C=O) groups excluding carboxylic acids is 2. The summed E-state index contributed by atoms with van der Waals surface area (Å²) in [5.41, 5.74) is 2.43. The van der Waals surface area contributed by atoms with E-state index in [-0.39, 0.29) is 11.9 Å². The van der Waals surface area contributed by atoms with Crippen LogP contribution < -0.4 is 16.0 Å². The molecule has 0 saturated heterocycles. The Morgan fingerprint density at radius 1 is 1.04 bits per heavy atom. The van der Waals surface area contributed by atoms with Crippen molar-refractivity contribution in [2.75, 3.05) is 10.6 Å². The van der Waals surface area contributed by atoms with E-state index in [9.17, 15) is 9.59 Å². The third-order valence-electron chi connectivity index (χ3n) is 3.62. The molecule has 0 aliphatic carbocycles. The first-order valence-electron chi connectivity index (χ1n) is 8.42. The maximum atomic E-state index is 12.0. The Bertz CT molecular complexity index is 883. The van der Waals surface area contributed by atoms with Crippen LogP contribution in [0.3, 0.4) is 0 Å². The number of rotatable bonds is 7. The Balaban J connectivity index is 1.41. The number of aromatic nitrogens is 2. The molecule has 2 aromatic heterocycles. The van der Waals surface area contributed by atoms with Crippen molar-refractivity contribution < 1.29 is 9.59 Å². The molecule has 3 amide bonds. The van der Waals surface area contributed by atoms with Crippen LogP contribution in [0, 0.1) is 0 Å². The molecule has 27 heavy (non-hydrogen) atoms. The first kappa shape index (κ1) is 18.5. The monoisotopic (exact) mass is 381 g/mol. The fourth-order valence-corrected chi connectivity index (χ4v) is 3.03. The van der Waals surface area contributed by atoms with Crippen molar-refractivity contribution in [1.82, 2.24) is 15.3 Å². The number of nitrogens with zero attached hydrogens (tertiary/aromatic N) is 2. The Labute approximate surface area is 160 Å². The Hall–Kier alpha value is -3.26. The van der Waals surface area contributed by atoms with E-state index in [1.165, 1.54) is 11.3 Å². The van der Waals surface area contributed by atoms with Crippen LogP contribution in [0.4, 0.5) is 15.6 Å². The van der Waals surface area contributed by atoms with Crippen molar-refractivity contribution >= 4 is 34.1 Å². The molecule has 0 spiro atoms. The van der Waals surface area contributed by atoms with Gasteiger partial charge < -0.3 is 10.6 Å². The Morgan fingerprint density at radius 2 is 1.89 bits per heavy atom. The fourth-order valence-electron chi connectivity index (χ4n) is 2.29. The molecule has 2 heterocycles. The fraction of sp³-hybridized carbons (Fsp3) is 0.158. The zero-order chi connectivity index (χ0) is 18.9. The number of hydrogen-bond acceptors (Lipinski definition) is 5. The second kappa shape index (κ2) is 9.44. The van der Waals surface area contributed by atoms with Crippen LogP contribution in [0.1, 0.15) is 17.7 Å². The van der Waals surface area contributed by atoms with Gasteiger partial charge in [-0.05, 0) is 30.2 Å². The summed E-state index contributed by atoms with van der Waals surface area (Å²) in [7, 11) is 0. The maximum absolute atomic E-state index is 12.0. The van der Waals surface area contributed by atoms with Crippen molar-refractivity contribution in [1.29, 1.82) is 0 Å². The molecule has 3 N–H and O–H groups in total. The van der Waals surface area contributed by atoms with E-state index in [0.717, 1.165) is 11.3 Å². The lowest BCUT2D eigenvalue weighted by molar-refractivity contribution is -0.121. The van der Waals surface area contributed by atoms with Crippen LogP contribution in [-0.4, -0.2) is 21.9 Å². The minimum absolute atomic E-state index is 0.0526. The van der Waals surface area contributed by atoms with Gasteiger partial charge in [0.1, 0.15) is 0 Å². The summed E-state index contributed by atoms with van der Waals surface area (Å²) in [6, 6.07) is 12.6. The van der Waals surface area contributed by atoms with Crippen molar-refractivity contribution in [3.63, 3.8) is 0 Å². The molecule has 0 saturated carbocycles. The number of thiazole rings is 1. The number of para-hydroxylation sites is 1. The number of urea groups is 1. The maximum Gasteiger partial charge on any atom is 0.325 e. The molecule has 0 aliphatic rings. The summed E-state index contributed by atoms with van der Waals surface area (Å²) >= 11 is 1.33. The largest absolute Gasteiger partial charge is 0.352 e. The van der Waals surface area contributed by atoms with Gasteiger partial charge in [-0.25, -0.2) is 9.78 Å². The highest BCUT2D eigenvalue weighted by Crippen LogP contribution is 2.17. The summed E-state index contributed by atoms with van der Waals surface area (Å²) in [6.45, 7) is 0.455. The topological polar surface area (TPSA) is 96.0 Å². The number of amides is 3. The van der Waals surface area contributed by atoms with Gasteiger partial charge in [0.25, 0.3) is 0 Å². The average Bonchev–Trinajstić information content (AvgIpc) is 3.13. The molecule has 3 aromatic rings. The van der Waals surface area contributed by atoms with E-state index >= 15 is 0 Å². The summed E-state index contributed by atoms with van der Waals surface area (Å²) in [5.74, 6) is -0.0526. The minimum atomic E-state index is -0.351. The molecule has 8 heteroatoms. The number of anilines is 2. The molecule has 0 bridgehead atoms. The van der Waals surface area contributed by atoms with Crippen molar-refractivity contribution in [2.45, 2.75) is 19.4 Å². The van der Waals surface area contributed by atoms with Gasteiger partial charge in [0.15, 0.2) is 5.13 Å². The predicted molar refractivity (Wildman–Crippen MR) is 106 cm³/mol. The first-order valence-corrected chi connectivity index (χ1v) is 9.30. The SMILES string of the molecule is O=C(CCc1csc(NC(=O)Nc2ccccc2)n1)NCc1cccnc1. The van der Waals surface area contributed by atoms with Crippen LogP contribution in [-0.2, 0) is 17.8 Å². The van der Waals surface area contributed by atoms with E-state index in [2.05, 4.69) is 25.9 Å². The lowest BCUT2D eigenvalue weighted by Crippen LogP contribution is -2.23.